The zero-order valence-corrected chi connectivity index (χ0v) is 18.7. The molecule has 0 unspecified atom stereocenters. The Hall–Kier alpha value is -2.75. The topological polar surface area (TPSA) is 108 Å². The molecular formula is C22H25N3O4S2. The summed E-state index contributed by atoms with van der Waals surface area (Å²) >= 11 is 1.52. The van der Waals surface area contributed by atoms with E-state index < -0.39 is 10.3 Å². The van der Waals surface area contributed by atoms with Gasteiger partial charge in [-0.15, -0.1) is 11.3 Å². The Labute approximate surface area is 186 Å². The third kappa shape index (κ3) is 7.46. The van der Waals surface area contributed by atoms with Crippen LogP contribution in [0.5, 0.6) is 0 Å². The van der Waals surface area contributed by atoms with Gasteiger partial charge in [0.2, 0.25) is 5.91 Å². The maximum atomic E-state index is 12.6. The molecule has 0 aliphatic rings. The van der Waals surface area contributed by atoms with Crippen molar-refractivity contribution in [2.75, 3.05) is 4.72 Å². The van der Waals surface area contributed by atoms with Crippen LogP contribution < -0.4 is 10.0 Å². The summed E-state index contributed by atoms with van der Waals surface area (Å²) in [6, 6.07) is 16.2. The SMILES string of the molecule is CCc1csc([C@H](Cc2ccc(NS(=O)(=O)O)cc2)NC(=O)CCc2ccccc2)n1. The predicted molar refractivity (Wildman–Crippen MR) is 122 cm³/mol. The molecule has 3 N–H and O–H groups in total. The zero-order valence-electron chi connectivity index (χ0n) is 17.1. The minimum absolute atomic E-state index is 0.0493. The molecular weight excluding hydrogens is 434 g/mol. The Bertz CT molecular complexity index is 1100. The molecule has 9 heteroatoms. The van der Waals surface area contributed by atoms with Gasteiger partial charge in [-0.1, -0.05) is 49.4 Å². The summed E-state index contributed by atoms with van der Waals surface area (Å²) in [7, 11) is -4.32. The quantitative estimate of drug-likeness (QED) is 0.398. The number of aryl methyl sites for hydroxylation is 2. The Balaban J connectivity index is 1.69. The number of nitrogens with zero attached hydrogens (tertiary/aromatic N) is 1. The second-order valence-corrected chi connectivity index (χ2v) is 9.16. The van der Waals surface area contributed by atoms with Gasteiger partial charge in [-0.25, -0.2) is 4.98 Å². The lowest BCUT2D eigenvalue weighted by Gasteiger charge is -2.17. The van der Waals surface area contributed by atoms with E-state index >= 15 is 0 Å². The molecule has 1 aromatic heterocycles. The van der Waals surface area contributed by atoms with E-state index in [-0.39, 0.29) is 17.6 Å². The van der Waals surface area contributed by atoms with Crippen molar-refractivity contribution in [1.29, 1.82) is 0 Å². The van der Waals surface area contributed by atoms with E-state index in [0.29, 0.717) is 19.3 Å². The standard InChI is InChI=1S/C22H25N3O4S2/c1-2-18-15-30-22(23-18)20(24-21(26)13-10-16-6-4-3-5-7-16)14-17-8-11-19(12-9-17)25-31(27,28)29/h3-9,11-12,15,20,25H,2,10,13-14H2,1H3,(H,24,26)(H,27,28,29)/t20-/m0/s1. The molecule has 2 aromatic carbocycles. The number of carbonyl (C=O) groups is 1. The van der Waals surface area contributed by atoms with Crippen LogP contribution in [-0.4, -0.2) is 23.9 Å². The largest absolute Gasteiger partial charge is 0.357 e. The Kier molecular flexibility index (Phi) is 7.78. The van der Waals surface area contributed by atoms with Gasteiger partial charge in [0.25, 0.3) is 0 Å². The molecule has 164 valence electrons. The molecule has 3 rings (SSSR count). The summed E-state index contributed by atoms with van der Waals surface area (Å²) in [5.41, 5.74) is 3.26. The number of benzene rings is 2. The van der Waals surface area contributed by atoms with Gasteiger partial charge < -0.3 is 5.32 Å². The third-order valence-electron chi connectivity index (χ3n) is 4.69. The molecule has 1 heterocycles. The van der Waals surface area contributed by atoms with Gasteiger partial charge in [0.15, 0.2) is 0 Å². The van der Waals surface area contributed by atoms with Crippen LogP contribution in [0.4, 0.5) is 5.69 Å². The molecule has 3 aromatic rings. The second kappa shape index (κ2) is 10.5. The van der Waals surface area contributed by atoms with Gasteiger partial charge in [-0.05, 0) is 42.5 Å². The van der Waals surface area contributed by atoms with E-state index in [9.17, 15) is 13.2 Å². The Morgan fingerprint density at radius 1 is 1.10 bits per heavy atom. The molecule has 0 saturated heterocycles. The molecule has 31 heavy (non-hydrogen) atoms. The number of rotatable bonds is 10. The second-order valence-electron chi connectivity index (χ2n) is 7.11. The van der Waals surface area contributed by atoms with Crippen LogP contribution in [0.1, 0.15) is 41.2 Å². The first-order valence-corrected chi connectivity index (χ1v) is 12.3. The van der Waals surface area contributed by atoms with Crippen LogP contribution in [0.25, 0.3) is 0 Å². The minimum Gasteiger partial charge on any atom is -0.347 e. The lowest BCUT2D eigenvalue weighted by atomic mass is 10.0. The highest BCUT2D eigenvalue weighted by molar-refractivity contribution is 7.87. The van der Waals surface area contributed by atoms with E-state index in [1.165, 1.54) is 11.3 Å². The van der Waals surface area contributed by atoms with Crippen molar-refractivity contribution in [1.82, 2.24) is 10.3 Å². The number of nitrogens with one attached hydrogen (secondary N) is 2. The number of carbonyl (C=O) groups excluding carboxylic acids is 1. The van der Waals surface area contributed by atoms with Crippen molar-refractivity contribution in [2.45, 2.75) is 38.6 Å². The van der Waals surface area contributed by atoms with Crippen molar-refractivity contribution < 1.29 is 17.8 Å². The zero-order chi connectivity index (χ0) is 22.3. The van der Waals surface area contributed by atoms with E-state index in [1.54, 1.807) is 24.3 Å². The highest BCUT2D eigenvalue weighted by Gasteiger charge is 2.19. The van der Waals surface area contributed by atoms with Crippen molar-refractivity contribution in [3.8, 4) is 0 Å². The van der Waals surface area contributed by atoms with Gasteiger partial charge in [0, 0.05) is 11.8 Å². The van der Waals surface area contributed by atoms with Crippen molar-refractivity contribution >= 4 is 33.2 Å². The molecule has 0 saturated carbocycles. The smallest absolute Gasteiger partial charge is 0.347 e. The number of aromatic nitrogens is 1. The number of amides is 1. The Morgan fingerprint density at radius 3 is 2.42 bits per heavy atom. The molecule has 0 aliphatic heterocycles. The monoisotopic (exact) mass is 459 g/mol. The molecule has 0 bridgehead atoms. The first-order valence-electron chi connectivity index (χ1n) is 9.94. The van der Waals surface area contributed by atoms with Crippen LogP contribution in [0.2, 0.25) is 0 Å². The van der Waals surface area contributed by atoms with Crippen LogP contribution in [0, 0.1) is 0 Å². The summed E-state index contributed by atoms with van der Waals surface area (Å²) < 4.78 is 32.8. The highest BCUT2D eigenvalue weighted by Crippen LogP contribution is 2.24. The molecule has 0 radical (unpaired) electrons. The molecule has 1 amide bonds. The summed E-state index contributed by atoms with van der Waals surface area (Å²) in [5.74, 6) is -0.0493. The fourth-order valence-corrected chi connectivity index (χ4v) is 4.49. The van der Waals surface area contributed by atoms with E-state index in [0.717, 1.165) is 28.2 Å². The third-order valence-corrected chi connectivity index (χ3v) is 6.19. The fourth-order valence-electron chi connectivity index (χ4n) is 3.11. The van der Waals surface area contributed by atoms with E-state index in [4.69, 9.17) is 4.55 Å². The predicted octanol–water partition coefficient (Wildman–Crippen LogP) is 3.95. The van der Waals surface area contributed by atoms with Crippen LogP contribution in [0.3, 0.4) is 0 Å². The average molecular weight is 460 g/mol. The summed E-state index contributed by atoms with van der Waals surface area (Å²) in [6.45, 7) is 2.03. The van der Waals surface area contributed by atoms with Crippen molar-refractivity contribution in [3.05, 3.63) is 81.8 Å². The maximum absolute atomic E-state index is 12.6. The van der Waals surface area contributed by atoms with Crippen LogP contribution >= 0.6 is 11.3 Å². The van der Waals surface area contributed by atoms with Crippen molar-refractivity contribution in [2.24, 2.45) is 0 Å². The first-order chi connectivity index (χ1) is 14.8. The average Bonchev–Trinajstić information content (AvgIpc) is 3.22. The van der Waals surface area contributed by atoms with Gasteiger partial charge in [-0.2, -0.15) is 8.42 Å². The number of hydrogen-bond acceptors (Lipinski definition) is 5. The lowest BCUT2D eigenvalue weighted by Crippen LogP contribution is -2.30. The van der Waals surface area contributed by atoms with Gasteiger partial charge in [0.05, 0.1) is 17.4 Å². The van der Waals surface area contributed by atoms with Crippen LogP contribution in [0.15, 0.2) is 60.0 Å². The van der Waals surface area contributed by atoms with Gasteiger partial charge in [-0.3, -0.25) is 14.1 Å². The number of anilines is 1. The molecule has 0 aliphatic carbocycles. The summed E-state index contributed by atoms with van der Waals surface area (Å²) in [6.07, 6.45) is 2.37. The minimum atomic E-state index is -4.32. The molecule has 0 spiro atoms. The van der Waals surface area contributed by atoms with E-state index in [1.807, 2.05) is 47.4 Å². The number of hydrogen-bond donors (Lipinski definition) is 3. The molecule has 7 nitrogen and oxygen atoms in total. The maximum Gasteiger partial charge on any atom is 0.357 e. The van der Waals surface area contributed by atoms with Gasteiger partial charge in [0.1, 0.15) is 5.01 Å². The van der Waals surface area contributed by atoms with E-state index in [2.05, 4.69) is 10.3 Å². The highest BCUT2D eigenvalue weighted by atomic mass is 32.2. The normalized spacial score (nSPS) is 12.3. The number of thiazole rings is 1. The fraction of sp³-hybridized carbons (Fsp3) is 0.273. The molecule has 1 atom stereocenters. The Morgan fingerprint density at radius 2 is 1.81 bits per heavy atom. The van der Waals surface area contributed by atoms with Crippen molar-refractivity contribution in [3.63, 3.8) is 0 Å². The first kappa shape index (κ1) is 22.9. The summed E-state index contributed by atoms with van der Waals surface area (Å²) in [4.78, 5) is 17.3. The lowest BCUT2D eigenvalue weighted by molar-refractivity contribution is -0.121. The summed E-state index contributed by atoms with van der Waals surface area (Å²) in [5, 5.41) is 5.94. The molecule has 0 fully saturated rings. The van der Waals surface area contributed by atoms with Crippen LogP contribution in [-0.2, 0) is 34.4 Å². The van der Waals surface area contributed by atoms with Gasteiger partial charge >= 0.3 is 10.3 Å².